The Hall–Kier alpha value is -2.68. The Balaban J connectivity index is 1.40. The van der Waals surface area contributed by atoms with Crippen LogP contribution < -0.4 is 5.32 Å². The van der Waals surface area contributed by atoms with Crippen molar-refractivity contribution in [3.05, 3.63) is 71.3 Å². The molecule has 0 spiro atoms. The number of rotatable bonds is 5. The summed E-state index contributed by atoms with van der Waals surface area (Å²) in [4.78, 5) is 18.9. The molecule has 1 saturated carbocycles. The van der Waals surface area contributed by atoms with Crippen LogP contribution in [0.1, 0.15) is 25.7 Å². The Bertz CT molecular complexity index is 1360. The highest BCUT2D eigenvalue weighted by Crippen LogP contribution is 2.41. The maximum atomic E-state index is 13.5. The van der Waals surface area contributed by atoms with Crippen molar-refractivity contribution in [3.63, 3.8) is 0 Å². The second-order valence-corrected chi connectivity index (χ2v) is 11.5. The van der Waals surface area contributed by atoms with E-state index in [9.17, 15) is 13.2 Å². The van der Waals surface area contributed by atoms with E-state index >= 15 is 0 Å². The first-order valence-corrected chi connectivity index (χ1v) is 13.0. The first kappa shape index (κ1) is 21.2. The van der Waals surface area contributed by atoms with E-state index in [1.807, 2.05) is 34.3 Å². The molecule has 4 aromatic rings. The van der Waals surface area contributed by atoms with Crippen molar-refractivity contribution in [3.8, 4) is 11.3 Å². The monoisotopic (exact) mass is 485 g/mol. The van der Waals surface area contributed by atoms with Crippen LogP contribution in [0, 0.1) is 0 Å². The van der Waals surface area contributed by atoms with Gasteiger partial charge in [-0.15, -0.1) is 11.3 Å². The fraction of sp³-hybridized carbons (Fsp3) is 0.217. The lowest BCUT2D eigenvalue weighted by atomic mass is 10.1. The minimum Gasteiger partial charge on any atom is -0.325 e. The summed E-state index contributed by atoms with van der Waals surface area (Å²) in [7, 11) is -3.88. The molecule has 5 rings (SSSR count). The molecular weight excluding hydrogens is 466 g/mol. The molecular formula is C23H20ClN3O3S2. The van der Waals surface area contributed by atoms with E-state index in [1.54, 1.807) is 23.5 Å². The summed E-state index contributed by atoms with van der Waals surface area (Å²) in [5.41, 5.74) is 2.31. The normalized spacial score (nSPS) is 15.8. The fourth-order valence-electron chi connectivity index (χ4n) is 4.24. The highest BCUT2D eigenvalue weighted by Gasteiger charge is 2.52. The number of thiazole rings is 1. The summed E-state index contributed by atoms with van der Waals surface area (Å²) in [6.07, 6.45) is 5.88. The van der Waals surface area contributed by atoms with Crippen LogP contribution in [0.15, 0.2) is 71.2 Å². The molecule has 32 heavy (non-hydrogen) atoms. The summed E-state index contributed by atoms with van der Waals surface area (Å²) in [5.74, 6) is -0.486. The minimum atomic E-state index is -3.88. The number of nitrogens with zero attached hydrogens (tertiary/aromatic N) is 2. The number of halogens is 1. The topological polar surface area (TPSA) is 80.5 Å². The van der Waals surface area contributed by atoms with E-state index in [-0.39, 0.29) is 4.90 Å². The van der Waals surface area contributed by atoms with Gasteiger partial charge in [0.1, 0.15) is 0 Å². The van der Waals surface area contributed by atoms with Gasteiger partial charge in [-0.25, -0.2) is 13.4 Å². The van der Waals surface area contributed by atoms with Crippen molar-refractivity contribution in [2.75, 3.05) is 5.32 Å². The van der Waals surface area contributed by atoms with Crippen molar-refractivity contribution in [1.82, 2.24) is 9.38 Å². The SMILES string of the molecule is O=C(Nc1ccc(-c2cn3ccsc3n2)cc1)C1(S(=O)(=O)c2ccc(Cl)cc2)CCCC1. The van der Waals surface area contributed by atoms with Crippen LogP contribution in [0.3, 0.4) is 0 Å². The van der Waals surface area contributed by atoms with E-state index in [1.165, 1.54) is 24.3 Å². The largest absolute Gasteiger partial charge is 0.325 e. The molecule has 0 unspecified atom stereocenters. The molecule has 164 valence electrons. The van der Waals surface area contributed by atoms with Crippen LogP contribution >= 0.6 is 22.9 Å². The molecule has 0 atom stereocenters. The number of carbonyl (C=O) groups is 1. The summed E-state index contributed by atoms with van der Waals surface area (Å²) < 4.78 is 27.5. The maximum Gasteiger partial charge on any atom is 0.246 e. The Morgan fingerprint density at radius 1 is 1.06 bits per heavy atom. The van der Waals surface area contributed by atoms with E-state index in [4.69, 9.17) is 11.6 Å². The molecule has 1 amide bonds. The minimum absolute atomic E-state index is 0.119. The van der Waals surface area contributed by atoms with Gasteiger partial charge in [-0.1, -0.05) is 36.6 Å². The number of carbonyl (C=O) groups excluding carboxylic acids is 1. The van der Waals surface area contributed by atoms with Crippen LogP contribution in [0.5, 0.6) is 0 Å². The average molecular weight is 486 g/mol. The lowest BCUT2D eigenvalue weighted by Gasteiger charge is -2.27. The molecule has 2 aromatic heterocycles. The standard InChI is InChI=1S/C23H20ClN3O3S2/c24-17-5-9-19(10-6-17)32(29,30)23(11-1-2-12-23)21(28)25-18-7-3-16(4-8-18)20-15-27-13-14-31-22(27)26-20/h3-10,13-15H,1-2,11-12H2,(H,25,28). The molecule has 0 bridgehead atoms. The average Bonchev–Trinajstić information content (AvgIpc) is 3.51. The molecule has 2 aromatic carbocycles. The van der Waals surface area contributed by atoms with Crippen LogP contribution in [0.4, 0.5) is 5.69 Å². The van der Waals surface area contributed by atoms with Gasteiger partial charge in [0.2, 0.25) is 5.91 Å². The van der Waals surface area contributed by atoms with Crippen LogP contribution in [0.25, 0.3) is 16.2 Å². The third-order valence-corrected chi connectivity index (χ3v) is 9.53. The number of hydrogen-bond donors (Lipinski definition) is 1. The zero-order valence-electron chi connectivity index (χ0n) is 17.0. The Morgan fingerprint density at radius 2 is 1.75 bits per heavy atom. The predicted octanol–water partition coefficient (Wildman–Crippen LogP) is 5.44. The van der Waals surface area contributed by atoms with Crippen molar-refractivity contribution in [1.29, 1.82) is 0 Å². The molecule has 2 heterocycles. The Morgan fingerprint density at radius 3 is 2.41 bits per heavy atom. The number of sulfone groups is 1. The summed E-state index contributed by atoms with van der Waals surface area (Å²) >= 11 is 7.48. The highest BCUT2D eigenvalue weighted by molar-refractivity contribution is 7.93. The van der Waals surface area contributed by atoms with Gasteiger partial charge in [0.25, 0.3) is 0 Å². The second kappa shape index (κ2) is 8.03. The third kappa shape index (κ3) is 3.52. The van der Waals surface area contributed by atoms with Crippen LogP contribution in [0.2, 0.25) is 5.02 Å². The maximum absolute atomic E-state index is 13.5. The zero-order chi connectivity index (χ0) is 22.3. The molecule has 1 aliphatic carbocycles. The highest BCUT2D eigenvalue weighted by atomic mass is 35.5. The summed E-state index contributed by atoms with van der Waals surface area (Å²) in [5, 5.41) is 5.27. The summed E-state index contributed by atoms with van der Waals surface area (Å²) in [6, 6.07) is 13.3. The van der Waals surface area contributed by atoms with Crippen LogP contribution in [-0.2, 0) is 14.6 Å². The number of benzene rings is 2. The van der Waals surface area contributed by atoms with Crippen molar-refractivity contribution < 1.29 is 13.2 Å². The van der Waals surface area contributed by atoms with E-state index < -0.39 is 20.5 Å². The van der Waals surface area contributed by atoms with E-state index in [0.717, 1.165) is 16.2 Å². The number of nitrogens with one attached hydrogen (secondary N) is 1. The molecule has 6 nitrogen and oxygen atoms in total. The number of hydrogen-bond acceptors (Lipinski definition) is 5. The lowest BCUT2D eigenvalue weighted by molar-refractivity contribution is -0.118. The molecule has 0 saturated heterocycles. The van der Waals surface area contributed by atoms with E-state index in [0.29, 0.717) is 36.4 Å². The van der Waals surface area contributed by atoms with Crippen molar-refractivity contribution in [2.24, 2.45) is 0 Å². The van der Waals surface area contributed by atoms with Gasteiger partial charge in [0.15, 0.2) is 19.5 Å². The van der Waals surface area contributed by atoms with Gasteiger partial charge >= 0.3 is 0 Å². The first-order valence-electron chi connectivity index (χ1n) is 10.2. The van der Waals surface area contributed by atoms with Crippen molar-refractivity contribution >= 4 is 49.3 Å². The van der Waals surface area contributed by atoms with Gasteiger partial charge in [-0.05, 0) is 49.2 Å². The molecule has 0 aliphatic heterocycles. The first-order chi connectivity index (χ1) is 15.4. The zero-order valence-corrected chi connectivity index (χ0v) is 19.4. The summed E-state index contributed by atoms with van der Waals surface area (Å²) in [6.45, 7) is 0. The second-order valence-electron chi connectivity index (χ2n) is 7.91. The van der Waals surface area contributed by atoms with Gasteiger partial charge in [0, 0.05) is 34.0 Å². The number of amides is 1. The molecule has 1 fully saturated rings. The fourth-order valence-corrected chi connectivity index (χ4v) is 7.13. The molecule has 9 heteroatoms. The quantitative estimate of drug-likeness (QED) is 0.408. The number of anilines is 1. The Kier molecular flexibility index (Phi) is 5.31. The van der Waals surface area contributed by atoms with E-state index in [2.05, 4.69) is 10.3 Å². The molecule has 1 aliphatic rings. The van der Waals surface area contributed by atoms with Gasteiger partial charge in [-0.3, -0.25) is 9.20 Å². The van der Waals surface area contributed by atoms with Crippen molar-refractivity contribution in [2.45, 2.75) is 35.3 Å². The van der Waals surface area contributed by atoms with Gasteiger partial charge < -0.3 is 5.32 Å². The molecule has 0 radical (unpaired) electrons. The Labute approximate surface area is 194 Å². The third-order valence-electron chi connectivity index (χ3n) is 6.00. The van der Waals surface area contributed by atoms with Gasteiger partial charge in [-0.2, -0.15) is 0 Å². The van der Waals surface area contributed by atoms with Crippen LogP contribution in [-0.4, -0.2) is 28.5 Å². The number of imidazole rings is 1. The smallest absolute Gasteiger partial charge is 0.246 e. The lowest BCUT2D eigenvalue weighted by Crippen LogP contribution is -2.47. The number of aromatic nitrogens is 2. The molecule has 1 N–H and O–H groups in total. The predicted molar refractivity (Wildman–Crippen MR) is 127 cm³/mol. The number of fused-ring (bicyclic) bond motifs is 1. The van der Waals surface area contributed by atoms with Gasteiger partial charge in [0.05, 0.1) is 10.6 Å².